The number of benzene rings is 1. The predicted octanol–water partition coefficient (Wildman–Crippen LogP) is 3.66. The van der Waals surface area contributed by atoms with Crippen molar-refractivity contribution in [1.82, 2.24) is 4.98 Å². The molecule has 0 saturated carbocycles. The number of esters is 1. The lowest BCUT2D eigenvalue weighted by atomic mass is 10.3. The van der Waals surface area contributed by atoms with Crippen molar-refractivity contribution < 1.29 is 22.4 Å². The number of rotatable bonds is 6. The van der Waals surface area contributed by atoms with Gasteiger partial charge in [0.1, 0.15) is 11.8 Å². The van der Waals surface area contributed by atoms with E-state index < -0.39 is 15.8 Å². The highest BCUT2D eigenvalue weighted by molar-refractivity contribution is 7.90. The Morgan fingerprint density at radius 1 is 1.12 bits per heavy atom. The molecule has 0 aliphatic rings. The summed E-state index contributed by atoms with van der Waals surface area (Å²) in [5.41, 5.74) is 0.890. The number of hydrogen-bond donors (Lipinski definition) is 0. The number of pyridine rings is 1. The molecule has 0 aliphatic carbocycles. The Morgan fingerprint density at radius 2 is 1.88 bits per heavy atom. The topological polar surface area (TPSA) is 86.5 Å². The van der Waals surface area contributed by atoms with Gasteiger partial charge in [0, 0.05) is 17.3 Å². The van der Waals surface area contributed by atoms with Crippen LogP contribution in [0.5, 0.6) is 0 Å². The lowest BCUT2D eigenvalue weighted by molar-refractivity contribution is 0.0434. The predicted molar refractivity (Wildman–Crippen MR) is 94.4 cm³/mol. The highest BCUT2D eigenvalue weighted by Gasteiger charge is 2.23. The Balaban J connectivity index is 1.71. The van der Waals surface area contributed by atoms with Gasteiger partial charge in [-0.15, -0.1) is 0 Å². The van der Waals surface area contributed by atoms with Gasteiger partial charge in [-0.1, -0.05) is 35.9 Å². The molecule has 1 aromatic carbocycles. The molecule has 8 heteroatoms. The molecule has 134 valence electrons. The van der Waals surface area contributed by atoms with E-state index in [1.54, 1.807) is 30.3 Å². The second-order valence-corrected chi connectivity index (χ2v) is 7.79. The van der Waals surface area contributed by atoms with Crippen LogP contribution in [0.3, 0.4) is 0 Å². The molecule has 0 aliphatic heterocycles. The van der Waals surface area contributed by atoms with E-state index in [4.69, 9.17) is 20.8 Å². The van der Waals surface area contributed by atoms with Gasteiger partial charge in [0.15, 0.2) is 9.84 Å². The van der Waals surface area contributed by atoms with Crippen LogP contribution in [0.25, 0.3) is 0 Å². The average Bonchev–Trinajstić information content (AvgIpc) is 3.09. The van der Waals surface area contributed by atoms with Crippen molar-refractivity contribution in [3.8, 4) is 0 Å². The number of halogens is 1. The second-order valence-electron chi connectivity index (χ2n) is 5.41. The summed E-state index contributed by atoms with van der Waals surface area (Å²) in [6.45, 7) is -0.0332. The van der Waals surface area contributed by atoms with Gasteiger partial charge in [-0.25, -0.2) is 18.2 Å². The molecule has 0 bridgehead atoms. The number of nitrogens with zero attached hydrogens (tertiary/aromatic N) is 1. The fourth-order valence-corrected chi connectivity index (χ4v) is 3.74. The maximum atomic E-state index is 12.5. The molecule has 3 rings (SSSR count). The van der Waals surface area contributed by atoms with Crippen molar-refractivity contribution in [1.29, 1.82) is 0 Å². The largest absolute Gasteiger partial charge is 0.457 e. The van der Waals surface area contributed by atoms with Crippen LogP contribution in [0, 0.1) is 0 Å². The zero-order valence-electron chi connectivity index (χ0n) is 13.5. The normalized spacial score (nSPS) is 11.3. The third kappa shape index (κ3) is 4.30. The first-order valence-electron chi connectivity index (χ1n) is 7.57. The van der Waals surface area contributed by atoms with Gasteiger partial charge in [0.25, 0.3) is 0 Å². The van der Waals surface area contributed by atoms with Gasteiger partial charge in [-0.2, -0.15) is 0 Å². The fourth-order valence-electron chi connectivity index (χ4n) is 2.25. The molecule has 0 radical (unpaired) electrons. The van der Waals surface area contributed by atoms with Crippen LogP contribution in [-0.2, 0) is 26.9 Å². The van der Waals surface area contributed by atoms with E-state index in [0.717, 1.165) is 0 Å². The number of carbonyl (C=O) groups is 1. The molecule has 0 amide bonds. The van der Waals surface area contributed by atoms with Crippen molar-refractivity contribution >= 4 is 27.4 Å². The van der Waals surface area contributed by atoms with Crippen LogP contribution in [-0.4, -0.2) is 19.4 Å². The molecule has 0 N–H and O–H groups in total. The fraction of sp³-hybridized carbons (Fsp3) is 0.111. The number of aromatic nitrogens is 1. The maximum Gasteiger partial charge on any atom is 0.374 e. The summed E-state index contributed by atoms with van der Waals surface area (Å²) in [6, 6.07) is 12.7. The molecule has 0 spiro atoms. The first kappa shape index (κ1) is 18.2. The molecule has 2 aromatic heterocycles. The summed E-state index contributed by atoms with van der Waals surface area (Å²) in [5.74, 6) is -1.24. The summed E-state index contributed by atoms with van der Waals surface area (Å²) >= 11 is 5.70. The second kappa shape index (κ2) is 7.72. The molecule has 6 nitrogen and oxygen atoms in total. The lowest BCUT2D eigenvalue weighted by Crippen LogP contribution is -2.10. The number of hydrogen-bond acceptors (Lipinski definition) is 6. The van der Waals surface area contributed by atoms with E-state index in [9.17, 15) is 13.2 Å². The lowest BCUT2D eigenvalue weighted by Gasteiger charge is -2.06. The Bertz CT molecular complexity index is 998. The third-order valence-corrected chi connectivity index (χ3v) is 5.44. The van der Waals surface area contributed by atoms with Crippen LogP contribution in [0.15, 0.2) is 70.3 Å². The van der Waals surface area contributed by atoms with Gasteiger partial charge in [-0.05, 0) is 24.3 Å². The molecule has 0 saturated heterocycles. The van der Waals surface area contributed by atoms with E-state index >= 15 is 0 Å². The maximum absolute atomic E-state index is 12.5. The summed E-state index contributed by atoms with van der Waals surface area (Å²) in [7, 11) is -3.60. The van der Waals surface area contributed by atoms with Crippen molar-refractivity contribution in [3.63, 3.8) is 0 Å². The first-order chi connectivity index (χ1) is 12.5. The first-order valence-corrected chi connectivity index (χ1v) is 9.60. The van der Waals surface area contributed by atoms with E-state index in [2.05, 4.69) is 4.98 Å². The van der Waals surface area contributed by atoms with Crippen LogP contribution in [0.2, 0.25) is 5.15 Å². The van der Waals surface area contributed by atoms with Gasteiger partial charge < -0.3 is 9.15 Å². The highest BCUT2D eigenvalue weighted by atomic mass is 35.5. The molecule has 0 atom stereocenters. The van der Waals surface area contributed by atoms with Gasteiger partial charge in [0.2, 0.25) is 5.76 Å². The van der Waals surface area contributed by atoms with Crippen molar-refractivity contribution in [2.24, 2.45) is 0 Å². The standard InChI is InChI=1S/C18H14ClNO5S/c19-16-7-6-13(10-20-16)11-25-18(21)17-14(8-9-24-17)12-26(22,23)15-4-2-1-3-5-15/h1-10H,11-12H2. The molecular formula is C18H14ClNO5S. The summed E-state index contributed by atoms with van der Waals surface area (Å²) in [4.78, 5) is 16.3. The van der Waals surface area contributed by atoms with E-state index in [1.807, 2.05) is 0 Å². The molecular weight excluding hydrogens is 378 g/mol. The van der Waals surface area contributed by atoms with E-state index in [1.165, 1.54) is 30.7 Å². The smallest absolute Gasteiger partial charge is 0.374 e. The summed E-state index contributed by atoms with van der Waals surface area (Å²) in [6.07, 6.45) is 2.74. The molecule has 2 heterocycles. The number of furan rings is 1. The van der Waals surface area contributed by atoms with Gasteiger partial charge in [0.05, 0.1) is 16.9 Å². The van der Waals surface area contributed by atoms with Crippen LogP contribution in [0.4, 0.5) is 0 Å². The molecule has 3 aromatic rings. The zero-order valence-corrected chi connectivity index (χ0v) is 15.0. The van der Waals surface area contributed by atoms with Crippen molar-refractivity contribution in [3.05, 3.63) is 83.0 Å². The Morgan fingerprint density at radius 3 is 2.58 bits per heavy atom. The van der Waals surface area contributed by atoms with Gasteiger partial charge in [-0.3, -0.25) is 0 Å². The average molecular weight is 392 g/mol. The Hall–Kier alpha value is -2.64. The van der Waals surface area contributed by atoms with Crippen molar-refractivity contribution in [2.45, 2.75) is 17.3 Å². The zero-order chi connectivity index (χ0) is 18.6. The van der Waals surface area contributed by atoms with E-state index in [0.29, 0.717) is 10.7 Å². The molecule has 0 unspecified atom stereocenters. The van der Waals surface area contributed by atoms with Gasteiger partial charge >= 0.3 is 5.97 Å². The quantitative estimate of drug-likeness (QED) is 0.470. The number of sulfone groups is 1. The number of carbonyl (C=O) groups excluding carboxylic acids is 1. The van der Waals surface area contributed by atoms with E-state index in [-0.39, 0.29) is 28.6 Å². The minimum Gasteiger partial charge on any atom is -0.457 e. The van der Waals surface area contributed by atoms with Crippen molar-refractivity contribution in [2.75, 3.05) is 0 Å². The Labute approximate surface area is 155 Å². The molecule has 0 fully saturated rings. The highest BCUT2D eigenvalue weighted by Crippen LogP contribution is 2.21. The third-order valence-electron chi connectivity index (χ3n) is 3.54. The monoisotopic (exact) mass is 391 g/mol. The van der Waals surface area contributed by atoms with Crippen LogP contribution >= 0.6 is 11.6 Å². The molecule has 26 heavy (non-hydrogen) atoms. The minimum absolute atomic E-state index is 0.0332. The summed E-state index contributed by atoms with van der Waals surface area (Å²) < 4.78 is 35.2. The minimum atomic E-state index is -3.60. The summed E-state index contributed by atoms with van der Waals surface area (Å²) in [5, 5.41) is 0.333. The van der Waals surface area contributed by atoms with Crippen LogP contribution < -0.4 is 0 Å². The number of ether oxygens (including phenoxy) is 1. The SMILES string of the molecule is O=C(OCc1ccc(Cl)nc1)c1occc1CS(=O)(=O)c1ccccc1. The van der Waals surface area contributed by atoms with Crippen LogP contribution in [0.1, 0.15) is 21.7 Å². The Kier molecular flexibility index (Phi) is 5.39.